The molecule has 1 aliphatic heterocycles. The Labute approximate surface area is 124 Å². The Kier molecular flexibility index (Phi) is 5.01. The van der Waals surface area contributed by atoms with Crippen molar-refractivity contribution in [1.82, 2.24) is 9.62 Å². The van der Waals surface area contributed by atoms with Crippen molar-refractivity contribution in [1.29, 1.82) is 0 Å². The molecule has 7 heteroatoms. The second-order valence-corrected chi connectivity index (χ2v) is 7.35. The summed E-state index contributed by atoms with van der Waals surface area (Å²) in [6.45, 7) is 2.37. The third kappa shape index (κ3) is 3.91. The standard InChI is InChI=1S/C13H18ClFN2O2S/c1-17-6-4-10(5-7-17)9-16-20(18,19)11-2-3-13(15)12(14)8-11/h2-3,8,10,16H,4-7,9H2,1H3. The number of piperidine rings is 1. The van der Waals surface area contributed by atoms with E-state index in [9.17, 15) is 12.8 Å². The highest BCUT2D eigenvalue weighted by Gasteiger charge is 2.21. The Balaban J connectivity index is 1.98. The molecule has 1 fully saturated rings. The first-order valence-electron chi connectivity index (χ1n) is 6.52. The van der Waals surface area contributed by atoms with Gasteiger partial charge in [0.1, 0.15) is 5.82 Å². The van der Waals surface area contributed by atoms with Crippen LogP contribution in [0.1, 0.15) is 12.8 Å². The lowest BCUT2D eigenvalue weighted by atomic mass is 9.98. The van der Waals surface area contributed by atoms with Gasteiger partial charge in [0.15, 0.2) is 0 Å². The van der Waals surface area contributed by atoms with Crippen LogP contribution in [0.5, 0.6) is 0 Å². The Bertz CT molecular complexity index is 572. The topological polar surface area (TPSA) is 49.4 Å². The van der Waals surface area contributed by atoms with Gasteiger partial charge < -0.3 is 4.90 Å². The number of hydrogen-bond acceptors (Lipinski definition) is 3. The van der Waals surface area contributed by atoms with E-state index >= 15 is 0 Å². The number of nitrogens with zero attached hydrogens (tertiary/aromatic N) is 1. The van der Waals surface area contributed by atoms with Crippen molar-refractivity contribution in [3.63, 3.8) is 0 Å². The van der Waals surface area contributed by atoms with Crippen molar-refractivity contribution in [2.45, 2.75) is 17.7 Å². The maximum atomic E-state index is 13.0. The number of nitrogens with one attached hydrogen (secondary N) is 1. The van der Waals surface area contributed by atoms with Gasteiger partial charge in [0.05, 0.1) is 9.92 Å². The molecule has 2 rings (SSSR count). The van der Waals surface area contributed by atoms with E-state index in [-0.39, 0.29) is 9.92 Å². The Morgan fingerprint density at radius 1 is 1.40 bits per heavy atom. The molecule has 0 bridgehead atoms. The zero-order chi connectivity index (χ0) is 14.8. The monoisotopic (exact) mass is 320 g/mol. The van der Waals surface area contributed by atoms with Crippen LogP contribution in [0.2, 0.25) is 5.02 Å². The van der Waals surface area contributed by atoms with E-state index in [2.05, 4.69) is 16.7 Å². The van der Waals surface area contributed by atoms with Crippen molar-refractivity contribution in [2.24, 2.45) is 5.92 Å². The summed E-state index contributed by atoms with van der Waals surface area (Å²) in [6, 6.07) is 3.42. The van der Waals surface area contributed by atoms with Crippen molar-refractivity contribution in [2.75, 3.05) is 26.7 Å². The molecule has 1 aromatic carbocycles. The molecule has 0 saturated carbocycles. The lowest BCUT2D eigenvalue weighted by Crippen LogP contribution is -2.36. The average Bonchev–Trinajstić information content (AvgIpc) is 2.41. The first-order chi connectivity index (χ1) is 9.38. The molecule has 20 heavy (non-hydrogen) atoms. The molecule has 1 aromatic rings. The highest BCUT2D eigenvalue weighted by Crippen LogP contribution is 2.20. The van der Waals surface area contributed by atoms with Crippen LogP contribution < -0.4 is 4.72 Å². The van der Waals surface area contributed by atoms with Crippen molar-refractivity contribution in [3.8, 4) is 0 Å². The molecule has 0 aliphatic carbocycles. The van der Waals surface area contributed by atoms with E-state index in [4.69, 9.17) is 11.6 Å². The molecule has 0 radical (unpaired) electrons. The summed E-state index contributed by atoms with van der Waals surface area (Å²) in [7, 11) is -1.57. The number of hydrogen-bond donors (Lipinski definition) is 1. The highest BCUT2D eigenvalue weighted by molar-refractivity contribution is 7.89. The van der Waals surface area contributed by atoms with Gasteiger partial charge in [-0.1, -0.05) is 11.6 Å². The van der Waals surface area contributed by atoms with Crippen LogP contribution in [0.25, 0.3) is 0 Å². The van der Waals surface area contributed by atoms with Gasteiger partial charge in [0, 0.05) is 6.54 Å². The molecule has 1 N–H and O–H groups in total. The Morgan fingerprint density at radius 2 is 2.05 bits per heavy atom. The van der Waals surface area contributed by atoms with E-state index in [1.807, 2.05) is 0 Å². The van der Waals surface area contributed by atoms with Gasteiger partial charge in [-0.3, -0.25) is 0 Å². The molecule has 0 amide bonds. The van der Waals surface area contributed by atoms with Gasteiger partial charge in [-0.2, -0.15) is 0 Å². The predicted molar refractivity (Wildman–Crippen MR) is 76.8 cm³/mol. The summed E-state index contributed by atoms with van der Waals surface area (Å²) in [6.07, 6.45) is 1.95. The first kappa shape index (κ1) is 15.7. The molecule has 1 aliphatic rings. The van der Waals surface area contributed by atoms with Gasteiger partial charge in [-0.05, 0) is 57.1 Å². The quantitative estimate of drug-likeness (QED) is 0.924. The van der Waals surface area contributed by atoms with E-state index in [1.165, 1.54) is 6.07 Å². The van der Waals surface area contributed by atoms with Gasteiger partial charge in [-0.15, -0.1) is 0 Å². The predicted octanol–water partition coefficient (Wildman–Crippen LogP) is 2.10. The SMILES string of the molecule is CN1CCC(CNS(=O)(=O)c2ccc(F)c(Cl)c2)CC1. The van der Waals surface area contributed by atoms with E-state index in [0.717, 1.165) is 38.1 Å². The van der Waals surface area contributed by atoms with Crippen LogP contribution in [-0.4, -0.2) is 40.0 Å². The molecule has 0 unspecified atom stereocenters. The lowest BCUT2D eigenvalue weighted by Gasteiger charge is -2.28. The number of likely N-dealkylation sites (tertiary alicyclic amines) is 1. The maximum Gasteiger partial charge on any atom is 0.240 e. The van der Waals surface area contributed by atoms with E-state index in [0.29, 0.717) is 12.5 Å². The summed E-state index contributed by atoms with van der Waals surface area (Å²) < 4.78 is 39.8. The summed E-state index contributed by atoms with van der Waals surface area (Å²) in [4.78, 5) is 2.22. The smallest absolute Gasteiger partial charge is 0.240 e. The van der Waals surface area contributed by atoms with E-state index in [1.54, 1.807) is 0 Å². The summed E-state index contributed by atoms with van der Waals surface area (Å²) in [5, 5.41) is -0.188. The van der Waals surface area contributed by atoms with Crippen LogP contribution in [0, 0.1) is 11.7 Å². The maximum absolute atomic E-state index is 13.0. The minimum atomic E-state index is -3.63. The molecular weight excluding hydrogens is 303 g/mol. The second-order valence-electron chi connectivity index (χ2n) is 5.17. The van der Waals surface area contributed by atoms with Gasteiger partial charge in [-0.25, -0.2) is 17.5 Å². The fraction of sp³-hybridized carbons (Fsp3) is 0.538. The summed E-state index contributed by atoms with van der Waals surface area (Å²) in [5.41, 5.74) is 0. The Hall–Kier alpha value is -0.690. The summed E-state index contributed by atoms with van der Waals surface area (Å²) in [5.74, 6) is -0.280. The molecule has 0 atom stereocenters. The van der Waals surface area contributed by atoms with Gasteiger partial charge in [0.2, 0.25) is 10.0 Å². The van der Waals surface area contributed by atoms with Crippen LogP contribution >= 0.6 is 11.6 Å². The molecule has 0 aromatic heterocycles. The zero-order valence-electron chi connectivity index (χ0n) is 11.3. The van der Waals surface area contributed by atoms with Crippen molar-refractivity contribution >= 4 is 21.6 Å². The molecule has 1 saturated heterocycles. The molecule has 4 nitrogen and oxygen atoms in total. The summed E-state index contributed by atoms with van der Waals surface area (Å²) >= 11 is 5.61. The van der Waals surface area contributed by atoms with E-state index < -0.39 is 15.8 Å². The van der Waals surface area contributed by atoms with Gasteiger partial charge >= 0.3 is 0 Å². The number of sulfonamides is 1. The first-order valence-corrected chi connectivity index (χ1v) is 8.38. The largest absolute Gasteiger partial charge is 0.306 e. The zero-order valence-corrected chi connectivity index (χ0v) is 12.8. The highest BCUT2D eigenvalue weighted by atomic mass is 35.5. The van der Waals surface area contributed by atoms with Crippen LogP contribution in [-0.2, 0) is 10.0 Å². The number of rotatable bonds is 4. The third-order valence-corrected chi connectivity index (χ3v) is 5.31. The minimum Gasteiger partial charge on any atom is -0.306 e. The van der Waals surface area contributed by atoms with Crippen LogP contribution in [0.4, 0.5) is 4.39 Å². The Morgan fingerprint density at radius 3 is 2.65 bits per heavy atom. The van der Waals surface area contributed by atoms with Gasteiger partial charge in [0.25, 0.3) is 0 Å². The third-order valence-electron chi connectivity index (χ3n) is 3.60. The second kappa shape index (κ2) is 6.39. The molecule has 112 valence electrons. The molecular formula is C13H18ClFN2O2S. The number of halogens is 2. The normalized spacial score (nSPS) is 18.4. The van der Waals surface area contributed by atoms with Crippen molar-refractivity contribution in [3.05, 3.63) is 29.0 Å². The lowest BCUT2D eigenvalue weighted by molar-refractivity contribution is 0.220. The number of benzene rings is 1. The minimum absolute atomic E-state index is 0.00294. The fourth-order valence-electron chi connectivity index (χ4n) is 2.22. The van der Waals surface area contributed by atoms with Crippen LogP contribution in [0.15, 0.2) is 23.1 Å². The molecule has 0 spiro atoms. The van der Waals surface area contributed by atoms with Crippen LogP contribution in [0.3, 0.4) is 0 Å². The fourth-order valence-corrected chi connectivity index (χ4v) is 3.61. The van der Waals surface area contributed by atoms with Crippen molar-refractivity contribution < 1.29 is 12.8 Å². The average molecular weight is 321 g/mol. The molecule has 1 heterocycles.